The van der Waals surface area contributed by atoms with Crippen LogP contribution in [0, 0.1) is 13.8 Å². The molecule has 0 aliphatic rings. The summed E-state index contributed by atoms with van der Waals surface area (Å²) in [6.45, 7) is 3.98. The number of rotatable bonds is 3. The normalized spacial score (nSPS) is 10.6. The molecule has 3 aromatic rings. The molecule has 0 atom stereocenters. The average Bonchev–Trinajstić information content (AvgIpc) is 2.51. The van der Waals surface area contributed by atoms with Gasteiger partial charge in [0, 0.05) is 24.2 Å². The monoisotopic (exact) mass is 275 g/mol. The molecule has 3 rings (SSSR count). The van der Waals surface area contributed by atoms with Gasteiger partial charge < -0.3 is 0 Å². The number of benzene rings is 1. The molecule has 2 aromatic heterocycles. The van der Waals surface area contributed by atoms with Gasteiger partial charge in [0.2, 0.25) is 0 Å². The van der Waals surface area contributed by atoms with Crippen molar-refractivity contribution in [1.82, 2.24) is 15.0 Å². The van der Waals surface area contributed by atoms with Crippen LogP contribution in [0.1, 0.15) is 22.5 Å². The van der Waals surface area contributed by atoms with Crippen molar-refractivity contribution in [2.45, 2.75) is 20.3 Å². The van der Waals surface area contributed by atoms with Gasteiger partial charge in [-0.1, -0.05) is 35.9 Å². The molecule has 0 amide bonds. The molecule has 3 heteroatoms. The highest BCUT2D eigenvalue weighted by atomic mass is 14.9. The van der Waals surface area contributed by atoms with E-state index in [9.17, 15) is 0 Å². The van der Waals surface area contributed by atoms with Gasteiger partial charge in [-0.05, 0) is 37.5 Å². The maximum atomic E-state index is 4.51. The van der Waals surface area contributed by atoms with Crippen molar-refractivity contribution in [3.8, 4) is 11.3 Å². The van der Waals surface area contributed by atoms with Crippen molar-refractivity contribution in [3.63, 3.8) is 0 Å². The number of aryl methyl sites for hydroxylation is 2. The number of nitrogens with zero attached hydrogens (tertiary/aromatic N) is 3. The molecule has 0 aliphatic carbocycles. The third kappa shape index (κ3) is 3.31. The lowest BCUT2D eigenvalue weighted by Gasteiger charge is -2.04. The minimum atomic E-state index is 0.773. The lowest BCUT2D eigenvalue weighted by Crippen LogP contribution is -1.93. The summed E-state index contributed by atoms with van der Waals surface area (Å²) in [7, 11) is 0. The minimum absolute atomic E-state index is 0.773. The summed E-state index contributed by atoms with van der Waals surface area (Å²) in [4.78, 5) is 12.9. The molecule has 104 valence electrons. The average molecular weight is 275 g/mol. The predicted molar refractivity (Wildman–Crippen MR) is 84.0 cm³/mol. The van der Waals surface area contributed by atoms with Crippen LogP contribution in [-0.4, -0.2) is 15.0 Å². The maximum absolute atomic E-state index is 4.51. The van der Waals surface area contributed by atoms with Crippen LogP contribution in [0.15, 0.2) is 55.0 Å². The van der Waals surface area contributed by atoms with E-state index in [1.165, 1.54) is 16.7 Å². The van der Waals surface area contributed by atoms with Crippen LogP contribution < -0.4 is 0 Å². The molecular formula is C18H17N3. The van der Waals surface area contributed by atoms with Gasteiger partial charge in [0.1, 0.15) is 5.82 Å². The Morgan fingerprint density at radius 3 is 2.00 bits per heavy atom. The molecule has 0 saturated heterocycles. The first-order valence-electron chi connectivity index (χ1n) is 7.00. The zero-order valence-electron chi connectivity index (χ0n) is 12.2. The van der Waals surface area contributed by atoms with Crippen molar-refractivity contribution in [3.05, 3.63) is 77.5 Å². The second-order valence-electron chi connectivity index (χ2n) is 5.23. The number of pyridine rings is 1. The third-order valence-electron chi connectivity index (χ3n) is 3.43. The first kappa shape index (κ1) is 13.4. The van der Waals surface area contributed by atoms with Gasteiger partial charge in [-0.25, -0.2) is 9.97 Å². The SMILES string of the molecule is Cc1ccc(Cc2ccc(-c3cnc(C)nc3)nc2)cc1. The second-order valence-corrected chi connectivity index (χ2v) is 5.23. The third-order valence-corrected chi connectivity index (χ3v) is 3.43. The van der Waals surface area contributed by atoms with Gasteiger partial charge >= 0.3 is 0 Å². The van der Waals surface area contributed by atoms with Crippen LogP contribution in [0.4, 0.5) is 0 Å². The van der Waals surface area contributed by atoms with E-state index in [0.717, 1.165) is 23.5 Å². The summed E-state index contributed by atoms with van der Waals surface area (Å²) in [5.74, 6) is 0.773. The lowest BCUT2D eigenvalue weighted by molar-refractivity contribution is 1.05. The molecule has 0 bridgehead atoms. The maximum Gasteiger partial charge on any atom is 0.125 e. The van der Waals surface area contributed by atoms with Crippen LogP contribution in [0.2, 0.25) is 0 Å². The fourth-order valence-electron chi connectivity index (χ4n) is 2.17. The summed E-state index contributed by atoms with van der Waals surface area (Å²) in [6.07, 6.45) is 6.45. The van der Waals surface area contributed by atoms with Crippen LogP contribution in [0.5, 0.6) is 0 Å². The van der Waals surface area contributed by atoms with Crippen LogP contribution >= 0.6 is 0 Å². The highest BCUT2D eigenvalue weighted by Crippen LogP contribution is 2.16. The van der Waals surface area contributed by atoms with E-state index < -0.39 is 0 Å². The van der Waals surface area contributed by atoms with Gasteiger partial charge in [-0.15, -0.1) is 0 Å². The number of hydrogen-bond acceptors (Lipinski definition) is 3. The fraction of sp³-hybridized carbons (Fsp3) is 0.167. The van der Waals surface area contributed by atoms with Crippen molar-refractivity contribution < 1.29 is 0 Å². The Balaban J connectivity index is 1.77. The first-order valence-corrected chi connectivity index (χ1v) is 7.00. The standard InChI is InChI=1S/C18H17N3/c1-13-3-5-15(6-4-13)9-16-7-8-18(21-10-16)17-11-19-14(2)20-12-17/h3-8,10-12H,9H2,1-2H3. The number of aromatic nitrogens is 3. The Labute approximate surface area is 124 Å². The number of hydrogen-bond donors (Lipinski definition) is 0. The smallest absolute Gasteiger partial charge is 0.125 e. The Bertz CT molecular complexity index is 714. The summed E-state index contributed by atoms with van der Waals surface area (Å²) < 4.78 is 0. The second kappa shape index (κ2) is 5.83. The first-order chi connectivity index (χ1) is 10.2. The Morgan fingerprint density at radius 1 is 0.714 bits per heavy atom. The van der Waals surface area contributed by atoms with Gasteiger partial charge in [-0.2, -0.15) is 0 Å². The van der Waals surface area contributed by atoms with Crippen LogP contribution in [0.25, 0.3) is 11.3 Å². The largest absolute Gasteiger partial charge is 0.256 e. The Morgan fingerprint density at radius 2 is 1.38 bits per heavy atom. The summed E-state index contributed by atoms with van der Waals surface area (Å²) in [5, 5.41) is 0. The van der Waals surface area contributed by atoms with Crippen molar-refractivity contribution in [2.75, 3.05) is 0 Å². The summed E-state index contributed by atoms with van der Waals surface area (Å²) in [6, 6.07) is 12.7. The fourth-order valence-corrected chi connectivity index (χ4v) is 2.17. The van der Waals surface area contributed by atoms with E-state index in [0.29, 0.717) is 0 Å². The predicted octanol–water partition coefficient (Wildman–Crippen LogP) is 3.75. The highest BCUT2D eigenvalue weighted by Gasteiger charge is 2.02. The molecule has 0 aliphatic heterocycles. The van der Waals surface area contributed by atoms with Crippen molar-refractivity contribution in [1.29, 1.82) is 0 Å². The zero-order valence-corrected chi connectivity index (χ0v) is 12.2. The molecule has 1 aromatic carbocycles. The molecular weight excluding hydrogens is 258 g/mol. The molecule has 0 spiro atoms. The molecule has 0 N–H and O–H groups in total. The molecule has 2 heterocycles. The van der Waals surface area contributed by atoms with Crippen molar-refractivity contribution in [2.24, 2.45) is 0 Å². The van der Waals surface area contributed by atoms with E-state index in [1.807, 2.05) is 31.6 Å². The molecule has 0 saturated carbocycles. The van der Waals surface area contributed by atoms with Crippen LogP contribution in [0.3, 0.4) is 0 Å². The van der Waals surface area contributed by atoms with E-state index in [-0.39, 0.29) is 0 Å². The summed E-state index contributed by atoms with van der Waals surface area (Å²) >= 11 is 0. The van der Waals surface area contributed by atoms with E-state index in [4.69, 9.17) is 0 Å². The van der Waals surface area contributed by atoms with E-state index in [2.05, 4.69) is 52.2 Å². The molecule has 0 radical (unpaired) electrons. The summed E-state index contributed by atoms with van der Waals surface area (Å²) in [5.41, 5.74) is 5.64. The van der Waals surface area contributed by atoms with E-state index >= 15 is 0 Å². The zero-order chi connectivity index (χ0) is 14.7. The van der Waals surface area contributed by atoms with Gasteiger partial charge in [0.05, 0.1) is 5.69 Å². The molecule has 0 fully saturated rings. The van der Waals surface area contributed by atoms with Gasteiger partial charge in [-0.3, -0.25) is 4.98 Å². The molecule has 0 unspecified atom stereocenters. The van der Waals surface area contributed by atoms with Crippen molar-refractivity contribution >= 4 is 0 Å². The highest BCUT2D eigenvalue weighted by molar-refractivity contribution is 5.56. The quantitative estimate of drug-likeness (QED) is 0.730. The topological polar surface area (TPSA) is 38.7 Å². The lowest BCUT2D eigenvalue weighted by atomic mass is 10.0. The molecule has 21 heavy (non-hydrogen) atoms. The Kier molecular flexibility index (Phi) is 3.73. The van der Waals surface area contributed by atoms with Gasteiger partial charge in [0.25, 0.3) is 0 Å². The molecule has 3 nitrogen and oxygen atoms in total. The van der Waals surface area contributed by atoms with Gasteiger partial charge in [0.15, 0.2) is 0 Å². The minimum Gasteiger partial charge on any atom is -0.256 e. The van der Waals surface area contributed by atoms with Crippen LogP contribution in [-0.2, 0) is 6.42 Å². The Hall–Kier alpha value is -2.55. The van der Waals surface area contributed by atoms with E-state index in [1.54, 1.807) is 0 Å².